The zero-order chi connectivity index (χ0) is 14.8. The fourth-order valence-corrected chi connectivity index (χ4v) is 3.58. The third-order valence-corrected chi connectivity index (χ3v) is 5.20. The molecular formula is C14H22N2O3S. The molecule has 1 saturated carbocycles. The fourth-order valence-electron chi connectivity index (χ4n) is 2.82. The Kier molecular flexibility index (Phi) is 4.65. The van der Waals surface area contributed by atoms with Crippen LogP contribution in [-0.2, 0) is 11.3 Å². The molecule has 20 heavy (non-hydrogen) atoms. The summed E-state index contributed by atoms with van der Waals surface area (Å²) in [4.78, 5) is 23.6. The van der Waals surface area contributed by atoms with Crippen LogP contribution in [0.2, 0.25) is 0 Å². The molecule has 2 unspecified atom stereocenters. The number of hydrogen-bond acceptors (Lipinski definition) is 4. The Balaban J connectivity index is 1.89. The Bertz CT molecular complexity index is 537. The minimum atomic E-state index is -0.204. The summed E-state index contributed by atoms with van der Waals surface area (Å²) in [6.45, 7) is 4.40. The molecule has 5 nitrogen and oxygen atoms in total. The van der Waals surface area contributed by atoms with Crippen molar-refractivity contribution < 1.29 is 9.90 Å². The average Bonchev–Trinajstić information content (AvgIpc) is 2.93. The number of aromatic nitrogens is 1. The first-order chi connectivity index (χ1) is 9.46. The first-order valence-corrected chi connectivity index (χ1v) is 7.89. The maximum absolute atomic E-state index is 12.0. The second kappa shape index (κ2) is 6.10. The van der Waals surface area contributed by atoms with Crippen LogP contribution in [0.3, 0.4) is 0 Å². The molecule has 1 aliphatic rings. The van der Waals surface area contributed by atoms with Crippen molar-refractivity contribution in [3.63, 3.8) is 0 Å². The van der Waals surface area contributed by atoms with Gasteiger partial charge in [-0.05, 0) is 19.8 Å². The predicted octanol–water partition coefficient (Wildman–Crippen LogP) is 1.28. The number of aryl methyl sites for hydroxylation is 1. The summed E-state index contributed by atoms with van der Waals surface area (Å²) in [7, 11) is 0. The van der Waals surface area contributed by atoms with Crippen molar-refractivity contribution in [2.75, 3.05) is 6.61 Å². The quantitative estimate of drug-likeness (QED) is 0.860. The van der Waals surface area contributed by atoms with Gasteiger partial charge in [-0.1, -0.05) is 24.7 Å². The molecule has 2 rings (SSSR count). The van der Waals surface area contributed by atoms with Crippen LogP contribution >= 0.6 is 11.3 Å². The van der Waals surface area contributed by atoms with Crippen LogP contribution < -0.4 is 10.2 Å². The molecule has 1 aromatic rings. The van der Waals surface area contributed by atoms with E-state index in [1.165, 1.54) is 0 Å². The molecule has 0 saturated heterocycles. The number of carbonyl (C=O) groups is 1. The van der Waals surface area contributed by atoms with Gasteiger partial charge in [0.25, 0.3) is 0 Å². The van der Waals surface area contributed by atoms with E-state index < -0.39 is 0 Å². The van der Waals surface area contributed by atoms with Gasteiger partial charge in [-0.3, -0.25) is 9.59 Å². The van der Waals surface area contributed by atoms with Crippen LogP contribution in [-0.4, -0.2) is 28.2 Å². The summed E-state index contributed by atoms with van der Waals surface area (Å²) in [5.74, 6) is -0.0472. The number of hydrogen-bond donors (Lipinski definition) is 2. The van der Waals surface area contributed by atoms with Gasteiger partial charge in [-0.25, -0.2) is 0 Å². The van der Waals surface area contributed by atoms with E-state index in [0.717, 1.165) is 36.3 Å². The van der Waals surface area contributed by atoms with Crippen molar-refractivity contribution in [3.05, 3.63) is 20.7 Å². The molecule has 0 bridgehead atoms. The number of amides is 1. The van der Waals surface area contributed by atoms with Gasteiger partial charge < -0.3 is 15.0 Å². The van der Waals surface area contributed by atoms with Crippen molar-refractivity contribution >= 4 is 17.2 Å². The second-order valence-corrected chi connectivity index (χ2v) is 6.69. The first kappa shape index (κ1) is 15.3. The molecule has 2 N–H and O–H groups in total. The van der Waals surface area contributed by atoms with Crippen LogP contribution in [0.1, 0.15) is 38.3 Å². The molecule has 1 aliphatic carbocycles. The van der Waals surface area contributed by atoms with E-state index >= 15 is 0 Å². The van der Waals surface area contributed by atoms with Crippen molar-refractivity contribution in [1.29, 1.82) is 0 Å². The summed E-state index contributed by atoms with van der Waals surface area (Å²) in [6, 6.07) is 0.0419. The van der Waals surface area contributed by atoms with E-state index in [9.17, 15) is 14.7 Å². The van der Waals surface area contributed by atoms with Gasteiger partial charge in [0.2, 0.25) is 5.91 Å². The number of nitrogens with one attached hydrogen (secondary N) is 1. The number of thiazole rings is 1. The summed E-state index contributed by atoms with van der Waals surface area (Å²) >= 11 is 1.16. The number of aliphatic hydroxyl groups excluding tert-OH is 1. The monoisotopic (exact) mass is 298 g/mol. The Morgan fingerprint density at radius 2 is 2.40 bits per heavy atom. The normalized spacial score (nSPS) is 25.9. The molecule has 2 atom stereocenters. The Morgan fingerprint density at radius 3 is 3.00 bits per heavy atom. The van der Waals surface area contributed by atoms with Gasteiger partial charge in [0.05, 0.1) is 6.61 Å². The first-order valence-electron chi connectivity index (χ1n) is 7.01. The molecule has 0 spiro atoms. The van der Waals surface area contributed by atoms with Crippen molar-refractivity contribution in [2.24, 2.45) is 5.41 Å². The van der Waals surface area contributed by atoms with Crippen molar-refractivity contribution in [1.82, 2.24) is 9.88 Å². The smallest absolute Gasteiger partial charge is 0.307 e. The topological polar surface area (TPSA) is 71.3 Å². The Hall–Kier alpha value is -1.14. The molecule has 6 heteroatoms. The van der Waals surface area contributed by atoms with Crippen molar-refractivity contribution in [3.8, 4) is 0 Å². The molecule has 1 heterocycles. The average molecular weight is 298 g/mol. The minimum absolute atomic E-state index is 0.0173. The third-order valence-electron chi connectivity index (χ3n) is 4.32. The third kappa shape index (κ3) is 3.12. The van der Waals surface area contributed by atoms with E-state index in [1.54, 1.807) is 9.95 Å². The zero-order valence-corrected chi connectivity index (χ0v) is 12.8. The molecular weight excluding hydrogens is 276 g/mol. The van der Waals surface area contributed by atoms with Gasteiger partial charge in [-0.15, -0.1) is 0 Å². The van der Waals surface area contributed by atoms with Crippen LogP contribution in [0.4, 0.5) is 0 Å². The van der Waals surface area contributed by atoms with E-state index in [1.807, 2.05) is 13.8 Å². The highest BCUT2D eigenvalue weighted by Gasteiger charge is 2.38. The second-order valence-electron chi connectivity index (χ2n) is 5.87. The lowest BCUT2D eigenvalue weighted by molar-refractivity contribution is -0.122. The van der Waals surface area contributed by atoms with E-state index in [2.05, 4.69) is 5.32 Å². The molecule has 0 aromatic carbocycles. The summed E-state index contributed by atoms with van der Waals surface area (Å²) in [5, 5.41) is 14.3. The maximum atomic E-state index is 12.0. The number of carbonyl (C=O) groups excluding carboxylic acids is 1. The number of aliphatic hydroxyl groups is 1. The highest BCUT2D eigenvalue weighted by molar-refractivity contribution is 7.07. The van der Waals surface area contributed by atoms with E-state index in [0.29, 0.717) is 13.0 Å². The van der Waals surface area contributed by atoms with Crippen molar-refractivity contribution in [2.45, 2.75) is 52.1 Å². The van der Waals surface area contributed by atoms with Gasteiger partial charge in [0.1, 0.15) is 0 Å². The Labute approximate surface area is 122 Å². The van der Waals surface area contributed by atoms with E-state index in [4.69, 9.17) is 0 Å². The highest BCUT2D eigenvalue weighted by Crippen LogP contribution is 2.37. The largest absolute Gasteiger partial charge is 0.396 e. The maximum Gasteiger partial charge on any atom is 0.307 e. The van der Waals surface area contributed by atoms with Gasteiger partial charge in [-0.2, -0.15) is 0 Å². The molecule has 0 radical (unpaired) electrons. The van der Waals surface area contributed by atoms with Crippen LogP contribution in [0, 0.1) is 12.3 Å². The molecule has 0 aliphatic heterocycles. The SMILES string of the molecule is Cc1csc(=O)n1CCC(=O)NC1CCCC1(C)CO. The molecule has 112 valence electrons. The highest BCUT2D eigenvalue weighted by atomic mass is 32.1. The lowest BCUT2D eigenvalue weighted by atomic mass is 9.86. The summed E-state index contributed by atoms with van der Waals surface area (Å²) in [6.07, 6.45) is 3.19. The van der Waals surface area contributed by atoms with Crippen LogP contribution in [0.15, 0.2) is 10.2 Å². The minimum Gasteiger partial charge on any atom is -0.396 e. The summed E-state index contributed by atoms with van der Waals surface area (Å²) < 4.78 is 1.63. The van der Waals surface area contributed by atoms with Gasteiger partial charge in [0, 0.05) is 35.5 Å². The molecule has 1 amide bonds. The summed E-state index contributed by atoms with van der Waals surface area (Å²) in [5.41, 5.74) is 0.694. The molecule has 1 fully saturated rings. The van der Waals surface area contributed by atoms with Gasteiger partial charge >= 0.3 is 4.87 Å². The lowest BCUT2D eigenvalue weighted by Crippen LogP contribution is -2.45. The molecule has 1 aromatic heterocycles. The van der Waals surface area contributed by atoms with Crippen LogP contribution in [0.5, 0.6) is 0 Å². The van der Waals surface area contributed by atoms with Gasteiger partial charge in [0.15, 0.2) is 0 Å². The standard InChI is InChI=1S/C14H22N2O3S/c1-10-8-20-13(19)16(10)7-5-12(18)15-11-4-3-6-14(11,2)9-17/h8,11,17H,3-7,9H2,1-2H3,(H,15,18). The number of rotatable bonds is 5. The fraction of sp³-hybridized carbons (Fsp3) is 0.714. The predicted molar refractivity (Wildman–Crippen MR) is 78.9 cm³/mol. The van der Waals surface area contributed by atoms with E-state index in [-0.39, 0.29) is 28.8 Å². The number of nitrogens with zero attached hydrogens (tertiary/aromatic N) is 1. The Morgan fingerprint density at radius 1 is 1.65 bits per heavy atom. The lowest BCUT2D eigenvalue weighted by Gasteiger charge is -2.30. The zero-order valence-electron chi connectivity index (χ0n) is 12.0. The van der Waals surface area contributed by atoms with Crippen LogP contribution in [0.25, 0.3) is 0 Å².